The minimum Gasteiger partial charge on any atom is -0.462 e. The van der Waals surface area contributed by atoms with Gasteiger partial charge in [-0.2, -0.15) is 0 Å². The van der Waals surface area contributed by atoms with E-state index in [0.717, 1.165) is 64.2 Å². The van der Waals surface area contributed by atoms with Gasteiger partial charge in [0.25, 0.3) is 0 Å². The van der Waals surface area contributed by atoms with Crippen molar-refractivity contribution in [1.82, 2.24) is 5.32 Å². The Balaban J connectivity index is 4.55. The molecule has 3 N–H and O–H groups in total. The number of ether oxygens (including phenoxy) is 1. The predicted molar refractivity (Wildman–Crippen MR) is 264 cm³/mol. The van der Waals surface area contributed by atoms with Gasteiger partial charge in [0.05, 0.1) is 25.2 Å². The van der Waals surface area contributed by atoms with Crippen LogP contribution in [0, 0.1) is 0 Å². The van der Waals surface area contributed by atoms with Crippen LogP contribution in [0.4, 0.5) is 0 Å². The van der Waals surface area contributed by atoms with Crippen LogP contribution in [0.3, 0.4) is 0 Å². The lowest BCUT2D eigenvalue weighted by atomic mass is 10.0. The van der Waals surface area contributed by atoms with E-state index in [1.165, 1.54) is 180 Å². The molecule has 0 saturated carbocycles. The zero-order valence-corrected chi connectivity index (χ0v) is 41.1. The number of rotatable bonds is 49. The molecule has 0 aromatic rings. The molecule has 0 heterocycles. The number of amides is 1. The number of hydrogen-bond acceptors (Lipinski definition) is 5. The monoisotopic (exact) mass is 860 g/mol. The lowest BCUT2D eigenvalue weighted by molar-refractivity contribution is -0.151. The SMILES string of the molecule is CCCCC/C=C\C/C=C\CCCCCCCCCC(CC(=O)NC(CO)C(O)CCCCCCCCCCCCCCC)OC(=O)CCCCCCCCCCCCCC. The second kappa shape index (κ2) is 49.4. The van der Waals surface area contributed by atoms with Gasteiger partial charge in [-0.1, -0.05) is 244 Å². The maximum atomic E-state index is 13.2. The Bertz CT molecular complexity index is 966. The molecule has 3 atom stereocenters. The summed E-state index contributed by atoms with van der Waals surface area (Å²) in [5.41, 5.74) is 0. The average molecular weight is 860 g/mol. The Morgan fingerprint density at radius 1 is 0.475 bits per heavy atom. The number of hydrogen-bond donors (Lipinski definition) is 3. The fraction of sp³-hybridized carbons (Fsp3) is 0.891. The third-order valence-electron chi connectivity index (χ3n) is 12.5. The molecule has 0 aliphatic heterocycles. The number of carbonyl (C=O) groups excluding carboxylic acids is 2. The zero-order valence-electron chi connectivity index (χ0n) is 41.1. The molecule has 0 aliphatic carbocycles. The molecule has 6 heteroatoms. The van der Waals surface area contributed by atoms with E-state index in [0.29, 0.717) is 19.3 Å². The van der Waals surface area contributed by atoms with E-state index in [2.05, 4.69) is 50.4 Å². The molecule has 6 nitrogen and oxygen atoms in total. The molecule has 360 valence electrons. The lowest BCUT2D eigenvalue weighted by Crippen LogP contribution is -2.46. The van der Waals surface area contributed by atoms with Gasteiger partial charge in [-0.05, 0) is 57.8 Å². The van der Waals surface area contributed by atoms with Crippen molar-refractivity contribution in [2.24, 2.45) is 0 Å². The first-order valence-electron chi connectivity index (χ1n) is 27.1. The molecule has 0 aromatic carbocycles. The molecule has 0 radical (unpaired) electrons. The fourth-order valence-electron chi connectivity index (χ4n) is 8.40. The van der Waals surface area contributed by atoms with Crippen LogP contribution in [0.15, 0.2) is 24.3 Å². The predicted octanol–water partition coefficient (Wildman–Crippen LogP) is 16.3. The van der Waals surface area contributed by atoms with E-state index in [1.54, 1.807) is 0 Å². The number of aliphatic hydroxyl groups excluding tert-OH is 2. The summed E-state index contributed by atoms with van der Waals surface area (Å²) in [5, 5.41) is 23.8. The first kappa shape index (κ1) is 59.3. The molecule has 1 amide bonds. The minimum atomic E-state index is -0.785. The Morgan fingerprint density at radius 3 is 1.28 bits per heavy atom. The summed E-state index contributed by atoms with van der Waals surface area (Å²) in [4.78, 5) is 26.2. The van der Waals surface area contributed by atoms with Gasteiger partial charge in [0.1, 0.15) is 6.10 Å². The van der Waals surface area contributed by atoms with Crippen molar-refractivity contribution in [2.45, 2.75) is 309 Å². The number of esters is 1. The molecule has 0 rings (SSSR count). The van der Waals surface area contributed by atoms with E-state index in [1.807, 2.05) is 0 Å². The third-order valence-corrected chi connectivity index (χ3v) is 12.5. The number of allylic oxidation sites excluding steroid dienone is 4. The summed E-state index contributed by atoms with van der Waals surface area (Å²) >= 11 is 0. The highest BCUT2D eigenvalue weighted by molar-refractivity contribution is 5.77. The van der Waals surface area contributed by atoms with Crippen LogP contribution in [0.2, 0.25) is 0 Å². The van der Waals surface area contributed by atoms with E-state index in [9.17, 15) is 19.8 Å². The number of aliphatic hydroxyl groups is 2. The maximum Gasteiger partial charge on any atom is 0.306 e. The van der Waals surface area contributed by atoms with Gasteiger partial charge in [0, 0.05) is 6.42 Å². The van der Waals surface area contributed by atoms with Crippen LogP contribution in [-0.4, -0.2) is 46.9 Å². The third kappa shape index (κ3) is 44.7. The number of unbranched alkanes of at least 4 members (excludes halogenated alkanes) is 33. The fourth-order valence-corrected chi connectivity index (χ4v) is 8.40. The summed E-state index contributed by atoms with van der Waals surface area (Å²) in [6, 6.07) is -0.699. The van der Waals surface area contributed by atoms with Gasteiger partial charge in [-0.15, -0.1) is 0 Å². The first-order chi connectivity index (χ1) is 30.0. The standard InChI is InChI=1S/C55H105NO5/c1-4-7-10-13-16-19-22-25-26-27-28-30-31-34-37-40-43-46-51(61-55(60)48-45-42-39-36-33-24-21-18-15-12-9-6-3)49-54(59)56-52(50-57)53(58)47-44-41-38-35-32-29-23-20-17-14-11-8-5-2/h16,19,25-26,51-53,57-58H,4-15,17-18,20-24,27-50H2,1-3H3,(H,56,59)/b19-16-,26-25-. The summed E-state index contributed by atoms with van der Waals surface area (Å²) in [6.07, 6.45) is 56.6. The number of carbonyl (C=O) groups is 2. The van der Waals surface area contributed by atoms with Gasteiger partial charge < -0.3 is 20.3 Å². The Kier molecular flexibility index (Phi) is 48.0. The summed E-state index contributed by atoms with van der Waals surface area (Å²) in [5.74, 6) is -0.466. The van der Waals surface area contributed by atoms with Crippen LogP contribution in [0.25, 0.3) is 0 Å². The summed E-state index contributed by atoms with van der Waals surface area (Å²) < 4.78 is 5.94. The van der Waals surface area contributed by atoms with Crippen molar-refractivity contribution in [3.63, 3.8) is 0 Å². The van der Waals surface area contributed by atoms with E-state index in [-0.39, 0.29) is 24.9 Å². The van der Waals surface area contributed by atoms with Crippen LogP contribution >= 0.6 is 0 Å². The molecule has 3 unspecified atom stereocenters. The Morgan fingerprint density at radius 2 is 0.836 bits per heavy atom. The molecular weight excluding hydrogens is 755 g/mol. The quantitative estimate of drug-likeness (QED) is 0.0322. The van der Waals surface area contributed by atoms with Crippen molar-refractivity contribution in [2.75, 3.05) is 6.61 Å². The van der Waals surface area contributed by atoms with Gasteiger partial charge >= 0.3 is 5.97 Å². The molecule has 61 heavy (non-hydrogen) atoms. The van der Waals surface area contributed by atoms with Crippen LogP contribution in [-0.2, 0) is 14.3 Å². The highest BCUT2D eigenvalue weighted by Gasteiger charge is 2.24. The highest BCUT2D eigenvalue weighted by atomic mass is 16.5. The largest absolute Gasteiger partial charge is 0.462 e. The smallest absolute Gasteiger partial charge is 0.306 e. The van der Waals surface area contributed by atoms with Crippen molar-refractivity contribution in [3.05, 3.63) is 24.3 Å². The molecular formula is C55H105NO5. The van der Waals surface area contributed by atoms with Crippen LogP contribution < -0.4 is 5.32 Å². The second-order valence-electron chi connectivity index (χ2n) is 18.6. The molecule has 0 spiro atoms. The van der Waals surface area contributed by atoms with Gasteiger partial charge in [0.15, 0.2) is 0 Å². The molecule has 0 fully saturated rings. The summed E-state index contributed by atoms with van der Waals surface area (Å²) in [7, 11) is 0. The first-order valence-corrected chi connectivity index (χ1v) is 27.1. The van der Waals surface area contributed by atoms with Gasteiger partial charge in [-0.25, -0.2) is 0 Å². The van der Waals surface area contributed by atoms with Crippen molar-refractivity contribution < 1.29 is 24.5 Å². The minimum absolute atomic E-state index is 0.0777. The Labute approximate surface area is 380 Å². The zero-order chi connectivity index (χ0) is 44.5. The van der Waals surface area contributed by atoms with Crippen molar-refractivity contribution >= 4 is 11.9 Å². The molecule has 0 saturated heterocycles. The van der Waals surface area contributed by atoms with E-state index >= 15 is 0 Å². The maximum absolute atomic E-state index is 13.2. The van der Waals surface area contributed by atoms with Gasteiger partial charge in [0.2, 0.25) is 5.91 Å². The second-order valence-corrected chi connectivity index (χ2v) is 18.6. The average Bonchev–Trinajstić information content (AvgIpc) is 3.25. The van der Waals surface area contributed by atoms with Crippen molar-refractivity contribution in [3.8, 4) is 0 Å². The molecule has 0 bridgehead atoms. The summed E-state index contributed by atoms with van der Waals surface area (Å²) in [6.45, 7) is 6.48. The topological polar surface area (TPSA) is 95.9 Å². The Hall–Kier alpha value is -1.66. The molecule has 0 aliphatic rings. The van der Waals surface area contributed by atoms with E-state index in [4.69, 9.17) is 4.74 Å². The lowest BCUT2D eigenvalue weighted by Gasteiger charge is -2.24. The van der Waals surface area contributed by atoms with Crippen LogP contribution in [0.5, 0.6) is 0 Å². The highest BCUT2D eigenvalue weighted by Crippen LogP contribution is 2.18. The molecule has 0 aromatic heterocycles. The van der Waals surface area contributed by atoms with Crippen molar-refractivity contribution in [1.29, 1.82) is 0 Å². The van der Waals surface area contributed by atoms with Crippen LogP contribution in [0.1, 0.15) is 290 Å². The normalized spacial score (nSPS) is 13.3. The van der Waals surface area contributed by atoms with E-state index < -0.39 is 18.2 Å². The van der Waals surface area contributed by atoms with Gasteiger partial charge in [-0.3, -0.25) is 9.59 Å². The number of nitrogens with one attached hydrogen (secondary N) is 1.